The van der Waals surface area contributed by atoms with Crippen LogP contribution in [0.4, 0.5) is 4.39 Å². The number of hydrogen-bond acceptors (Lipinski definition) is 3. The first-order valence-corrected chi connectivity index (χ1v) is 11.3. The molecule has 1 N–H and O–H groups in total. The number of amides is 1. The first kappa shape index (κ1) is 22.1. The van der Waals surface area contributed by atoms with Crippen molar-refractivity contribution >= 4 is 16.8 Å². The predicted octanol–water partition coefficient (Wildman–Crippen LogP) is 4.61. The van der Waals surface area contributed by atoms with Crippen LogP contribution in [0.2, 0.25) is 0 Å². The first-order valence-electron chi connectivity index (χ1n) is 11.3. The Bertz CT molecular complexity index is 1090. The number of benzene rings is 2. The zero-order valence-corrected chi connectivity index (χ0v) is 18.4. The van der Waals surface area contributed by atoms with E-state index in [0.717, 1.165) is 36.1 Å². The number of likely N-dealkylation sites (tertiary alicyclic amines) is 1. The van der Waals surface area contributed by atoms with E-state index in [9.17, 15) is 9.18 Å². The fourth-order valence-electron chi connectivity index (χ4n) is 4.31. The fourth-order valence-corrected chi connectivity index (χ4v) is 4.31. The molecule has 0 saturated carbocycles. The molecule has 5 nitrogen and oxygen atoms in total. The molecule has 0 bridgehead atoms. The standard InChI is InChI=1S/C26H30FN3O2/c1-2-16-32-25-11-7-10-23-22(25)18-24(30(23)19-20-8-6-9-21(27)17-20)26(31)28-12-15-29-13-4-3-5-14-29/h2,6-11,17-18H,1,3-5,12-16,19H2,(H,28,31). The highest BCUT2D eigenvalue weighted by Gasteiger charge is 2.19. The maximum Gasteiger partial charge on any atom is 0.268 e. The summed E-state index contributed by atoms with van der Waals surface area (Å²) in [5.74, 6) is 0.272. The second-order valence-electron chi connectivity index (χ2n) is 8.19. The zero-order chi connectivity index (χ0) is 22.3. The number of nitrogens with one attached hydrogen (secondary N) is 1. The van der Waals surface area contributed by atoms with Crippen molar-refractivity contribution in [3.8, 4) is 5.75 Å². The van der Waals surface area contributed by atoms with E-state index in [4.69, 9.17) is 4.74 Å². The van der Waals surface area contributed by atoms with Crippen LogP contribution >= 0.6 is 0 Å². The van der Waals surface area contributed by atoms with Crippen molar-refractivity contribution in [2.45, 2.75) is 25.8 Å². The van der Waals surface area contributed by atoms with Crippen molar-refractivity contribution in [3.05, 3.63) is 78.3 Å². The Labute approximate surface area is 188 Å². The average Bonchev–Trinajstić information content (AvgIpc) is 3.17. The summed E-state index contributed by atoms with van der Waals surface area (Å²) in [4.78, 5) is 15.6. The van der Waals surface area contributed by atoms with Crippen LogP contribution in [0.5, 0.6) is 5.75 Å². The number of carbonyl (C=O) groups is 1. The SMILES string of the molecule is C=CCOc1cccc2c1cc(C(=O)NCCN1CCCCC1)n2Cc1cccc(F)c1. The molecule has 0 atom stereocenters. The molecule has 1 fully saturated rings. The minimum Gasteiger partial charge on any atom is -0.489 e. The first-order chi connectivity index (χ1) is 15.7. The van der Waals surface area contributed by atoms with Crippen molar-refractivity contribution in [1.82, 2.24) is 14.8 Å². The largest absolute Gasteiger partial charge is 0.489 e. The maximum absolute atomic E-state index is 13.8. The number of rotatable bonds is 9. The minimum atomic E-state index is -0.290. The maximum atomic E-state index is 13.8. The van der Waals surface area contributed by atoms with E-state index >= 15 is 0 Å². The summed E-state index contributed by atoms with van der Waals surface area (Å²) in [7, 11) is 0. The molecule has 0 aliphatic carbocycles. The van der Waals surface area contributed by atoms with Gasteiger partial charge in [-0.2, -0.15) is 0 Å². The van der Waals surface area contributed by atoms with Crippen molar-refractivity contribution in [3.63, 3.8) is 0 Å². The van der Waals surface area contributed by atoms with Gasteiger partial charge in [0.05, 0.1) is 5.52 Å². The monoisotopic (exact) mass is 435 g/mol. The van der Waals surface area contributed by atoms with Gasteiger partial charge in [0, 0.05) is 25.0 Å². The van der Waals surface area contributed by atoms with Crippen LogP contribution in [0.3, 0.4) is 0 Å². The summed E-state index contributed by atoms with van der Waals surface area (Å²) < 4.78 is 21.5. The van der Waals surface area contributed by atoms with Crippen LogP contribution in [0.1, 0.15) is 35.3 Å². The molecular formula is C26H30FN3O2. The highest BCUT2D eigenvalue weighted by Crippen LogP contribution is 2.30. The quantitative estimate of drug-likeness (QED) is 0.500. The molecule has 0 spiro atoms. The highest BCUT2D eigenvalue weighted by molar-refractivity contribution is 6.00. The van der Waals surface area contributed by atoms with Gasteiger partial charge in [-0.05, 0) is 61.8 Å². The number of ether oxygens (including phenoxy) is 1. The second-order valence-corrected chi connectivity index (χ2v) is 8.19. The minimum absolute atomic E-state index is 0.135. The highest BCUT2D eigenvalue weighted by atomic mass is 19.1. The molecule has 2 heterocycles. The fraction of sp³-hybridized carbons (Fsp3) is 0.346. The van der Waals surface area contributed by atoms with E-state index in [-0.39, 0.29) is 11.7 Å². The number of halogens is 1. The Morgan fingerprint density at radius 3 is 2.72 bits per heavy atom. The van der Waals surface area contributed by atoms with Gasteiger partial charge < -0.3 is 19.5 Å². The van der Waals surface area contributed by atoms with Crippen molar-refractivity contribution in [1.29, 1.82) is 0 Å². The molecular weight excluding hydrogens is 405 g/mol. The average molecular weight is 436 g/mol. The van der Waals surface area contributed by atoms with Gasteiger partial charge in [0.25, 0.3) is 5.91 Å². The second kappa shape index (κ2) is 10.5. The summed E-state index contributed by atoms with van der Waals surface area (Å²) in [6.07, 6.45) is 5.43. The van der Waals surface area contributed by atoms with E-state index in [2.05, 4.69) is 16.8 Å². The molecule has 1 amide bonds. The normalized spacial score (nSPS) is 14.4. The molecule has 1 saturated heterocycles. The Morgan fingerprint density at radius 2 is 1.94 bits per heavy atom. The predicted molar refractivity (Wildman–Crippen MR) is 126 cm³/mol. The van der Waals surface area contributed by atoms with Crippen LogP contribution in [0.25, 0.3) is 10.9 Å². The van der Waals surface area contributed by atoms with Gasteiger partial charge in [0.15, 0.2) is 0 Å². The Hall–Kier alpha value is -3.12. The molecule has 0 radical (unpaired) electrons. The smallest absolute Gasteiger partial charge is 0.268 e. The molecule has 3 aromatic rings. The van der Waals surface area contributed by atoms with Gasteiger partial charge in [0.1, 0.15) is 23.9 Å². The number of carbonyl (C=O) groups excluding carboxylic acids is 1. The third kappa shape index (κ3) is 5.19. The lowest BCUT2D eigenvalue weighted by Crippen LogP contribution is -2.38. The summed E-state index contributed by atoms with van der Waals surface area (Å²) in [6.45, 7) is 8.12. The Kier molecular flexibility index (Phi) is 7.22. The topological polar surface area (TPSA) is 46.5 Å². The molecule has 4 rings (SSSR count). The number of piperidine rings is 1. The van der Waals surface area contributed by atoms with Crippen LogP contribution in [-0.4, -0.2) is 48.2 Å². The molecule has 168 valence electrons. The summed E-state index contributed by atoms with van der Waals surface area (Å²) >= 11 is 0. The Morgan fingerprint density at radius 1 is 1.12 bits per heavy atom. The molecule has 1 aliphatic rings. The van der Waals surface area contributed by atoms with E-state index in [0.29, 0.717) is 31.1 Å². The summed E-state index contributed by atoms with van der Waals surface area (Å²) in [5, 5.41) is 3.93. The van der Waals surface area contributed by atoms with Crippen molar-refractivity contribution in [2.75, 3.05) is 32.8 Å². The van der Waals surface area contributed by atoms with Crippen LogP contribution in [-0.2, 0) is 6.54 Å². The van der Waals surface area contributed by atoms with Crippen molar-refractivity contribution < 1.29 is 13.9 Å². The number of nitrogens with zero attached hydrogens (tertiary/aromatic N) is 2. The molecule has 32 heavy (non-hydrogen) atoms. The molecule has 6 heteroatoms. The number of fused-ring (bicyclic) bond motifs is 1. The number of hydrogen-bond donors (Lipinski definition) is 1. The summed E-state index contributed by atoms with van der Waals surface area (Å²) in [6, 6.07) is 14.1. The van der Waals surface area contributed by atoms with E-state index in [1.807, 2.05) is 34.9 Å². The van der Waals surface area contributed by atoms with Gasteiger partial charge in [0.2, 0.25) is 0 Å². The lowest BCUT2D eigenvalue weighted by Gasteiger charge is -2.26. The molecule has 2 aromatic carbocycles. The van der Waals surface area contributed by atoms with Gasteiger partial charge in [-0.25, -0.2) is 4.39 Å². The lowest BCUT2D eigenvalue weighted by atomic mass is 10.1. The van der Waals surface area contributed by atoms with Crippen LogP contribution < -0.4 is 10.1 Å². The van der Waals surface area contributed by atoms with Crippen molar-refractivity contribution in [2.24, 2.45) is 0 Å². The van der Waals surface area contributed by atoms with E-state index in [1.54, 1.807) is 12.1 Å². The van der Waals surface area contributed by atoms with Gasteiger partial charge in [-0.1, -0.05) is 37.3 Å². The van der Waals surface area contributed by atoms with Gasteiger partial charge >= 0.3 is 0 Å². The third-order valence-corrected chi connectivity index (χ3v) is 5.89. The third-order valence-electron chi connectivity index (χ3n) is 5.89. The van der Waals surface area contributed by atoms with Gasteiger partial charge in [-0.15, -0.1) is 0 Å². The zero-order valence-electron chi connectivity index (χ0n) is 18.4. The van der Waals surface area contributed by atoms with E-state index < -0.39 is 0 Å². The lowest BCUT2D eigenvalue weighted by molar-refractivity contribution is 0.0938. The van der Waals surface area contributed by atoms with Gasteiger partial charge in [-0.3, -0.25) is 4.79 Å². The molecule has 1 aliphatic heterocycles. The van der Waals surface area contributed by atoms with Crippen LogP contribution in [0, 0.1) is 5.82 Å². The van der Waals surface area contributed by atoms with Crippen LogP contribution in [0.15, 0.2) is 61.2 Å². The molecule has 0 unspecified atom stereocenters. The summed E-state index contributed by atoms with van der Waals surface area (Å²) in [5.41, 5.74) is 2.21. The number of aromatic nitrogens is 1. The Balaban J connectivity index is 1.61. The molecule has 1 aromatic heterocycles. The van der Waals surface area contributed by atoms with E-state index in [1.165, 1.54) is 31.4 Å².